The minimum Gasteiger partial charge on any atom is -0.353 e. The van der Waals surface area contributed by atoms with Gasteiger partial charge in [0.15, 0.2) is 0 Å². The molecule has 1 rings (SSSR count). The van der Waals surface area contributed by atoms with E-state index in [4.69, 9.17) is 0 Å². The summed E-state index contributed by atoms with van der Waals surface area (Å²) in [5.41, 5.74) is 0. The zero-order chi connectivity index (χ0) is 11.3. The third-order valence-electron chi connectivity index (χ3n) is 2.58. The van der Waals surface area contributed by atoms with E-state index >= 15 is 0 Å². The van der Waals surface area contributed by atoms with Crippen LogP contribution in [0.3, 0.4) is 0 Å². The number of amides is 1. The Labute approximate surface area is 92.3 Å². The third kappa shape index (κ3) is 4.47. The van der Waals surface area contributed by atoms with Crippen molar-refractivity contribution in [3.8, 4) is 0 Å². The van der Waals surface area contributed by atoms with E-state index < -0.39 is 0 Å². The lowest BCUT2D eigenvalue weighted by Crippen LogP contribution is -2.48. The lowest BCUT2D eigenvalue weighted by atomic mass is 10.0. The van der Waals surface area contributed by atoms with Crippen molar-refractivity contribution in [2.45, 2.75) is 58.2 Å². The first-order chi connectivity index (χ1) is 7.09. The number of hydrogen-bond acceptors (Lipinski definition) is 2. The number of carbonyl (C=O) groups excluding carboxylic acids is 1. The van der Waals surface area contributed by atoms with Gasteiger partial charge in [-0.15, -0.1) is 0 Å². The van der Waals surface area contributed by atoms with Gasteiger partial charge in [0, 0.05) is 12.1 Å². The van der Waals surface area contributed by atoms with Gasteiger partial charge in [-0.05, 0) is 40.0 Å². The maximum absolute atomic E-state index is 11.6. The van der Waals surface area contributed by atoms with Gasteiger partial charge in [0.25, 0.3) is 0 Å². The van der Waals surface area contributed by atoms with Crippen LogP contribution in [0.4, 0.5) is 0 Å². The molecule has 1 amide bonds. The van der Waals surface area contributed by atoms with Gasteiger partial charge >= 0.3 is 0 Å². The van der Waals surface area contributed by atoms with Crippen LogP contribution in [0.2, 0.25) is 0 Å². The summed E-state index contributed by atoms with van der Waals surface area (Å²) in [6.07, 6.45) is 7.69. The van der Waals surface area contributed by atoms with Crippen molar-refractivity contribution in [2.24, 2.45) is 0 Å². The molecular formula is C12H22N2O. The molecule has 3 nitrogen and oxygen atoms in total. The average molecular weight is 210 g/mol. The van der Waals surface area contributed by atoms with E-state index in [2.05, 4.69) is 22.8 Å². The van der Waals surface area contributed by atoms with Gasteiger partial charge in [0.05, 0.1) is 6.04 Å². The Bertz CT molecular complexity index is 236. The molecule has 0 saturated carbocycles. The lowest BCUT2D eigenvalue weighted by Gasteiger charge is -2.24. The van der Waals surface area contributed by atoms with Crippen molar-refractivity contribution >= 4 is 5.91 Å². The molecule has 0 saturated heterocycles. The predicted molar refractivity (Wildman–Crippen MR) is 62.7 cm³/mol. The van der Waals surface area contributed by atoms with Gasteiger partial charge in [-0.2, -0.15) is 0 Å². The van der Waals surface area contributed by atoms with Crippen LogP contribution >= 0.6 is 0 Å². The van der Waals surface area contributed by atoms with Crippen LogP contribution in [-0.2, 0) is 4.79 Å². The second kappa shape index (κ2) is 5.91. The van der Waals surface area contributed by atoms with Crippen molar-refractivity contribution in [1.82, 2.24) is 10.6 Å². The second-order valence-electron chi connectivity index (χ2n) is 4.53. The largest absolute Gasteiger partial charge is 0.353 e. The molecule has 0 aromatic heterocycles. The zero-order valence-corrected chi connectivity index (χ0v) is 9.92. The summed E-state index contributed by atoms with van der Waals surface area (Å²) in [7, 11) is 0. The van der Waals surface area contributed by atoms with Gasteiger partial charge in [0.2, 0.25) is 5.91 Å². The molecule has 0 radical (unpaired) electrons. The predicted octanol–water partition coefficient (Wildman–Crippen LogP) is 1.60. The molecule has 2 unspecified atom stereocenters. The molecular weight excluding hydrogens is 188 g/mol. The van der Waals surface area contributed by atoms with Gasteiger partial charge in [-0.3, -0.25) is 4.79 Å². The number of hydrogen-bond donors (Lipinski definition) is 2. The number of nitrogens with one attached hydrogen (secondary N) is 2. The number of allylic oxidation sites excluding steroid dienone is 1. The van der Waals surface area contributed by atoms with Crippen LogP contribution in [0.25, 0.3) is 0 Å². The topological polar surface area (TPSA) is 41.1 Å². The summed E-state index contributed by atoms with van der Waals surface area (Å²) in [5.74, 6) is 0.0968. The van der Waals surface area contributed by atoms with Crippen molar-refractivity contribution in [3.63, 3.8) is 0 Å². The number of rotatable bonds is 4. The fraction of sp³-hybridized carbons (Fsp3) is 0.750. The van der Waals surface area contributed by atoms with E-state index in [0.717, 1.165) is 19.3 Å². The first-order valence-corrected chi connectivity index (χ1v) is 5.81. The smallest absolute Gasteiger partial charge is 0.237 e. The molecule has 0 aromatic carbocycles. The standard InChI is InChI=1S/C12H22N2O/c1-9(2)13-12(15)10(3)14-11-7-5-4-6-8-11/h4-5,9-11,14H,6-8H2,1-3H3,(H,13,15). The minimum absolute atomic E-state index is 0.0936. The summed E-state index contributed by atoms with van der Waals surface area (Å²) >= 11 is 0. The van der Waals surface area contributed by atoms with E-state index in [1.165, 1.54) is 0 Å². The van der Waals surface area contributed by atoms with Crippen LogP contribution in [0.1, 0.15) is 40.0 Å². The van der Waals surface area contributed by atoms with E-state index in [9.17, 15) is 4.79 Å². The fourth-order valence-electron chi connectivity index (χ4n) is 1.78. The molecule has 0 fully saturated rings. The molecule has 2 atom stereocenters. The normalized spacial score (nSPS) is 22.8. The van der Waals surface area contributed by atoms with Crippen molar-refractivity contribution < 1.29 is 4.79 Å². The molecule has 1 aliphatic carbocycles. The SMILES string of the molecule is CC(C)NC(=O)C(C)NC1CC=CCC1. The Morgan fingerprint density at radius 2 is 2.07 bits per heavy atom. The van der Waals surface area contributed by atoms with Crippen LogP contribution in [0, 0.1) is 0 Å². The van der Waals surface area contributed by atoms with Crippen molar-refractivity contribution in [1.29, 1.82) is 0 Å². The van der Waals surface area contributed by atoms with Crippen LogP contribution in [0.5, 0.6) is 0 Å². The quantitative estimate of drug-likeness (QED) is 0.692. The molecule has 0 aliphatic heterocycles. The van der Waals surface area contributed by atoms with Gasteiger partial charge in [-0.1, -0.05) is 12.2 Å². The van der Waals surface area contributed by atoms with Crippen molar-refractivity contribution in [2.75, 3.05) is 0 Å². The molecule has 1 aliphatic rings. The van der Waals surface area contributed by atoms with Gasteiger partial charge < -0.3 is 10.6 Å². The maximum atomic E-state index is 11.6. The molecule has 0 bridgehead atoms. The first kappa shape index (κ1) is 12.2. The molecule has 0 aromatic rings. The Hall–Kier alpha value is -0.830. The molecule has 86 valence electrons. The first-order valence-electron chi connectivity index (χ1n) is 5.81. The average Bonchev–Trinajstić information content (AvgIpc) is 2.18. The lowest BCUT2D eigenvalue weighted by molar-refractivity contribution is -0.123. The molecule has 0 spiro atoms. The Morgan fingerprint density at radius 3 is 2.60 bits per heavy atom. The highest BCUT2D eigenvalue weighted by Gasteiger charge is 2.18. The summed E-state index contributed by atoms with van der Waals surface area (Å²) in [4.78, 5) is 11.6. The van der Waals surface area contributed by atoms with Crippen LogP contribution in [-0.4, -0.2) is 24.0 Å². The fourth-order valence-corrected chi connectivity index (χ4v) is 1.78. The Kier molecular flexibility index (Phi) is 4.82. The molecule has 15 heavy (non-hydrogen) atoms. The third-order valence-corrected chi connectivity index (χ3v) is 2.58. The highest BCUT2D eigenvalue weighted by Crippen LogP contribution is 2.11. The molecule has 0 heterocycles. The van der Waals surface area contributed by atoms with E-state index in [-0.39, 0.29) is 18.0 Å². The van der Waals surface area contributed by atoms with Crippen LogP contribution < -0.4 is 10.6 Å². The Balaban J connectivity index is 2.30. The second-order valence-corrected chi connectivity index (χ2v) is 4.53. The highest BCUT2D eigenvalue weighted by atomic mass is 16.2. The summed E-state index contributed by atoms with van der Waals surface area (Å²) in [6, 6.07) is 0.583. The monoisotopic (exact) mass is 210 g/mol. The zero-order valence-electron chi connectivity index (χ0n) is 9.92. The van der Waals surface area contributed by atoms with E-state index in [1.807, 2.05) is 20.8 Å². The summed E-state index contributed by atoms with van der Waals surface area (Å²) in [5, 5.41) is 6.27. The van der Waals surface area contributed by atoms with Crippen molar-refractivity contribution in [3.05, 3.63) is 12.2 Å². The summed E-state index contributed by atoms with van der Waals surface area (Å²) < 4.78 is 0. The Morgan fingerprint density at radius 1 is 1.33 bits per heavy atom. The highest BCUT2D eigenvalue weighted by molar-refractivity contribution is 5.81. The minimum atomic E-state index is -0.0936. The maximum Gasteiger partial charge on any atom is 0.237 e. The van der Waals surface area contributed by atoms with Gasteiger partial charge in [0.1, 0.15) is 0 Å². The molecule has 3 heteroatoms. The summed E-state index contributed by atoms with van der Waals surface area (Å²) in [6.45, 7) is 5.89. The number of carbonyl (C=O) groups is 1. The van der Waals surface area contributed by atoms with E-state index in [0.29, 0.717) is 6.04 Å². The molecule has 2 N–H and O–H groups in total. The van der Waals surface area contributed by atoms with Crippen LogP contribution in [0.15, 0.2) is 12.2 Å². The van der Waals surface area contributed by atoms with Gasteiger partial charge in [-0.25, -0.2) is 0 Å². The van der Waals surface area contributed by atoms with E-state index in [1.54, 1.807) is 0 Å².